The monoisotopic (exact) mass is 522 g/mol. The maximum atomic E-state index is 13.2. The van der Waals surface area contributed by atoms with E-state index in [1.54, 1.807) is 23.2 Å². The van der Waals surface area contributed by atoms with Crippen LogP contribution in [-0.2, 0) is 14.3 Å². The van der Waals surface area contributed by atoms with Crippen molar-refractivity contribution in [3.8, 4) is 11.1 Å². The van der Waals surface area contributed by atoms with Crippen molar-refractivity contribution in [1.29, 1.82) is 0 Å². The van der Waals surface area contributed by atoms with Gasteiger partial charge >= 0.3 is 6.18 Å². The van der Waals surface area contributed by atoms with Crippen molar-refractivity contribution in [3.63, 3.8) is 0 Å². The first-order chi connectivity index (χ1) is 18.2. The molecule has 2 aromatic rings. The van der Waals surface area contributed by atoms with Gasteiger partial charge in [-0.05, 0) is 73.4 Å². The number of aryl methyl sites for hydroxylation is 1. The number of aliphatic imine (C=N–C) groups is 1. The average molecular weight is 523 g/mol. The van der Waals surface area contributed by atoms with E-state index in [2.05, 4.69) is 27.1 Å². The highest BCUT2D eigenvalue weighted by Gasteiger charge is 2.41. The molecule has 4 heterocycles. The van der Waals surface area contributed by atoms with Crippen molar-refractivity contribution in [1.82, 2.24) is 4.98 Å². The molecule has 2 atom stereocenters. The van der Waals surface area contributed by atoms with E-state index in [-0.39, 0.29) is 23.3 Å². The molecule has 10 heteroatoms. The van der Waals surface area contributed by atoms with Crippen LogP contribution in [0.5, 0.6) is 0 Å². The molecule has 2 unspecified atom stereocenters. The number of allylic oxidation sites excluding steroid dienone is 1. The molecule has 196 valence electrons. The number of fused-ring (bicyclic) bond motifs is 3. The summed E-state index contributed by atoms with van der Waals surface area (Å²) in [7, 11) is 0. The van der Waals surface area contributed by atoms with Crippen LogP contribution >= 0.6 is 0 Å². The molecule has 1 N–H and O–H groups in total. The zero-order valence-electron chi connectivity index (χ0n) is 20.9. The number of benzene rings is 1. The van der Waals surface area contributed by atoms with Crippen LogP contribution in [0.2, 0.25) is 0 Å². The first kappa shape index (κ1) is 25.7. The minimum absolute atomic E-state index is 0.000234. The van der Waals surface area contributed by atoms with Gasteiger partial charge in [0, 0.05) is 54.9 Å². The summed E-state index contributed by atoms with van der Waals surface area (Å²) in [6.07, 6.45) is -0.971. The molecule has 0 saturated carbocycles. The number of alkyl halides is 3. The number of hydrogen-bond acceptors (Lipinski definition) is 5. The van der Waals surface area contributed by atoms with Gasteiger partial charge in [-0.15, -0.1) is 0 Å². The number of carbonyl (C=O) groups excluding carboxylic acids is 2. The third-order valence-electron chi connectivity index (χ3n) is 7.07. The molecular weight excluding hydrogens is 497 g/mol. The van der Waals surface area contributed by atoms with Crippen LogP contribution in [0.3, 0.4) is 0 Å². The Balaban J connectivity index is 1.47. The maximum absolute atomic E-state index is 13.2. The smallest absolute Gasteiger partial charge is 0.381 e. The number of nitrogens with zero attached hydrogens (tertiary/aromatic N) is 3. The molecular formula is C28H25F3N4O3. The first-order valence-corrected chi connectivity index (χ1v) is 12.4. The third kappa shape index (κ3) is 4.82. The quantitative estimate of drug-likeness (QED) is 0.568. The molecule has 1 fully saturated rings. The van der Waals surface area contributed by atoms with E-state index in [1.807, 2.05) is 25.8 Å². The lowest BCUT2D eigenvalue weighted by Crippen LogP contribution is -2.44. The maximum Gasteiger partial charge on any atom is 0.434 e. The van der Waals surface area contributed by atoms with Crippen LogP contribution in [0.1, 0.15) is 36.8 Å². The van der Waals surface area contributed by atoms with Crippen molar-refractivity contribution < 1.29 is 27.5 Å². The van der Waals surface area contributed by atoms with Gasteiger partial charge in [0.1, 0.15) is 5.82 Å². The van der Waals surface area contributed by atoms with Crippen molar-refractivity contribution in [3.05, 3.63) is 64.7 Å². The number of anilines is 2. The van der Waals surface area contributed by atoms with Gasteiger partial charge in [-0.1, -0.05) is 6.07 Å². The standard InChI is InChI=1S/C28H25F3N4O3/c1-3-35-25-23(20-7-10-38-11-8-21(20)27(35)37)12-18(15-33-25)22-14-19(5-4-16(22)2)34-26(36)17-6-9-32-24(13-17)28(29,30)31/h4-5,12-15,20-21H,3,7-8,10-11H2,1-2H3,(H,34,36). The number of nitrogens with one attached hydrogen (secondary N) is 1. The zero-order valence-corrected chi connectivity index (χ0v) is 20.9. The molecule has 7 nitrogen and oxygen atoms in total. The fourth-order valence-electron chi connectivity index (χ4n) is 5.15. The summed E-state index contributed by atoms with van der Waals surface area (Å²) in [5.41, 5.74) is 4.74. The lowest BCUT2D eigenvalue weighted by Gasteiger charge is -2.37. The molecule has 38 heavy (non-hydrogen) atoms. The topological polar surface area (TPSA) is 83.9 Å². The Morgan fingerprint density at radius 3 is 2.71 bits per heavy atom. The van der Waals surface area contributed by atoms with Gasteiger partial charge in [-0.3, -0.25) is 14.5 Å². The van der Waals surface area contributed by atoms with E-state index in [1.165, 1.54) is 0 Å². The summed E-state index contributed by atoms with van der Waals surface area (Å²) >= 11 is 0. The Morgan fingerprint density at radius 1 is 1.21 bits per heavy atom. The van der Waals surface area contributed by atoms with E-state index >= 15 is 0 Å². The van der Waals surface area contributed by atoms with Gasteiger partial charge in [0.2, 0.25) is 5.91 Å². The van der Waals surface area contributed by atoms with Gasteiger partial charge in [0.25, 0.3) is 5.91 Å². The molecule has 3 aliphatic heterocycles. The highest BCUT2D eigenvalue weighted by Crippen LogP contribution is 2.44. The van der Waals surface area contributed by atoms with Gasteiger partial charge in [0.15, 0.2) is 5.70 Å². The molecule has 0 aliphatic carbocycles. The number of pyridine rings is 1. The number of carbonyl (C=O) groups is 2. The summed E-state index contributed by atoms with van der Waals surface area (Å²) in [5.74, 6) is 1.84. The van der Waals surface area contributed by atoms with Crippen molar-refractivity contribution >= 4 is 29.2 Å². The first-order valence-electron chi connectivity index (χ1n) is 12.4. The van der Waals surface area contributed by atoms with E-state index in [0.29, 0.717) is 43.8 Å². The number of amides is 2. The van der Waals surface area contributed by atoms with Crippen LogP contribution in [0.25, 0.3) is 11.1 Å². The van der Waals surface area contributed by atoms with Crippen LogP contribution in [0.15, 0.2) is 58.5 Å². The normalized spacial score (nSPS) is 20.8. The van der Waals surface area contributed by atoms with E-state index in [0.717, 1.165) is 28.7 Å². The predicted molar refractivity (Wildman–Crippen MR) is 136 cm³/mol. The summed E-state index contributed by atoms with van der Waals surface area (Å²) in [4.78, 5) is 35.4. The molecule has 1 aromatic heterocycles. The molecule has 0 bridgehead atoms. The van der Waals surface area contributed by atoms with Gasteiger partial charge in [-0.25, -0.2) is 4.98 Å². The zero-order chi connectivity index (χ0) is 27.0. The summed E-state index contributed by atoms with van der Waals surface area (Å²) < 4.78 is 44.7. The second-order valence-corrected chi connectivity index (χ2v) is 9.40. The highest BCUT2D eigenvalue weighted by molar-refractivity contribution is 6.07. The number of hydrogen-bond donors (Lipinski definition) is 1. The van der Waals surface area contributed by atoms with Gasteiger partial charge < -0.3 is 10.1 Å². The Morgan fingerprint density at radius 2 is 1.97 bits per heavy atom. The molecule has 1 saturated heterocycles. The summed E-state index contributed by atoms with van der Waals surface area (Å²) in [5, 5.41) is 2.64. The molecule has 5 rings (SSSR count). The SMILES string of the molecule is CCN1C(=O)C2CCOCCC2c2cc(-c3cc(NC(=O)C4=C=C=NC(C(F)(F)F)=C4)ccc3C)cnc21. The largest absolute Gasteiger partial charge is 0.434 e. The van der Waals surface area contributed by atoms with E-state index in [9.17, 15) is 22.8 Å². The Kier molecular flexibility index (Phi) is 6.80. The Hall–Kier alpha value is -3.97. The number of ether oxygens (including phenoxy) is 1. The third-order valence-corrected chi connectivity index (χ3v) is 7.07. The van der Waals surface area contributed by atoms with Crippen LogP contribution in [-0.4, -0.2) is 48.6 Å². The van der Waals surface area contributed by atoms with E-state index in [4.69, 9.17) is 4.74 Å². The van der Waals surface area contributed by atoms with Crippen LogP contribution in [0, 0.1) is 12.8 Å². The fourth-order valence-corrected chi connectivity index (χ4v) is 5.15. The fraction of sp³-hybridized carbons (Fsp3) is 0.357. The second-order valence-electron chi connectivity index (χ2n) is 9.40. The predicted octanol–water partition coefficient (Wildman–Crippen LogP) is 5.08. The van der Waals surface area contributed by atoms with Crippen molar-refractivity contribution in [2.24, 2.45) is 10.9 Å². The number of rotatable bonds is 4. The highest BCUT2D eigenvalue weighted by atomic mass is 19.4. The number of halogens is 3. The molecule has 3 aliphatic rings. The minimum Gasteiger partial charge on any atom is -0.381 e. The van der Waals surface area contributed by atoms with Crippen LogP contribution in [0.4, 0.5) is 24.7 Å². The average Bonchev–Trinajstić information content (AvgIpc) is 3.16. The van der Waals surface area contributed by atoms with Crippen LogP contribution < -0.4 is 10.2 Å². The van der Waals surface area contributed by atoms with Crippen molar-refractivity contribution in [2.75, 3.05) is 30.0 Å². The molecule has 0 radical (unpaired) electrons. The Bertz CT molecular complexity index is 1450. The van der Waals surface area contributed by atoms with Gasteiger partial charge in [0.05, 0.1) is 5.57 Å². The van der Waals surface area contributed by atoms with Gasteiger partial charge in [-0.2, -0.15) is 18.2 Å². The number of aromatic nitrogens is 1. The molecule has 1 aromatic carbocycles. The lowest BCUT2D eigenvalue weighted by molar-refractivity contribution is -0.124. The molecule has 0 spiro atoms. The molecule has 2 amide bonds. The minimum atomic E-state index is -4.70. The lowest BCUT2D eigenvalue weighted by atomic mass is 9.78. The van der Waals surface area contributed by atoms with E-state index < -0.39 is 17.8 Å². The van der Waals surface area contributed by atoms with Crippen molar-refractivity contribution in [2.45, 2.75) is 38.8 Å². The second kappa shape index (κ2) is 10.1. The Labute approximate surface area is 217 Å². The summed E-state index contributed by atoms with van der Waals surface area (Å²) in [6.45, 7) is 5.49. The summed E-state index contributed by atoms with van der Waals surface area (Å²) in [6, 6.07) is 7.30.